The number of nitrogens with zero attached hydrogens (tertiary/aromatic N) is 2. The quantitative estimate of drug-likeness (QED) is 0.618. The van der Waals surface area contributed by atoms with Crippen LogP contribution in [0, 0.1) is 11.8 Å². The van der Waals surface area contributed by atoms with E-state index in [1.807, 2.05) is 61.8 Å². The van der Waals surface area contributed by atoms with Crippen molar-refractivity contribution in [2.24, 2.45) is 11.8 Å². The highest BCUT2D eigenvalue weighted by Gasteiger charge is 2.40. The SMILES string of the molecule is CNc1ccccc1CC1C(=O)N(c2ccc(-c3cn[nH]c3)cc2)CC1CO. The van der Waals surface area contributed by atoms with Gasteiger partial charge in [0, 0.05) is 55.2 Å². The number of aromatic amines is 1. The maximum atomic E-state index is 13.2. The molecule has 3 N–H and O–H groups in total. The number of benzene rings is 2. The van der Waals surface area contributed by atoms with E-state index in [2.05, 4.69) is 15.5 Å². The molecule has 2 atom stereocenters. The molecule has 0 aliphatic carbocycles. The zero-order valence-corrected chi connectivity index (χ0v) is 15.8. The molecule has 1 fully saturated rings. The average Bonchev–Trinajstić information content (AvgIpc) is 3.38. The standard InChI is InChI=1S/C22H24N4O2/c1-23-21-5-3-2-4-16(21)10-20-18(14-27)13-26(22(20)28)19-8-6-15(7-9-19)17-11-24-25-12-17/h2-9,11-12,18,20,23,27H,10,13-14H2,1H3,(H,24,25). The van der Waals surface area contributed by atoms with Crippen LogP contribution in [-0.4, -0.2) is 41.4 Å². The molecule has 2 aromatic carbocycles. The molecule has 2 heterocycles. The van der Waals surface area contributed by atoms with E-state index in [-0.39, 0.29) is 24.3 Å². The summed E-state index contributed by atoms with van der Waals surface area (Å²) in [6, 6.07) is 15.9. The lowest BCUT2D eigenvalue weighted by Gasteiger charge is -2.18. The van der Waals surface area contributed by atoms with Crippen molar-refractivity contribution < 1.29 is 9.90 Å². The van der Waals surface area contributed by atoms with E-state index in [1.54, 1.807) is 11.1 Å². The fourth-order valence-corrected chi connectivity index (χ4v) is 3.95. The molecule has 0 radical (unpaired) electrons. The topological polar surface area (TPSA) is 81.2 Å². The zero-order chi connectivity index (χ0) is 19.5. The number of nitrogens with one attached hydrogen (secondary N) is 2. The van der Waals surface area contributed by atoms with E-state index in [4.69, 9.17) is 0 Å². The average molecular weight is 376 g/mol. The normalized spacial score (nSPS) is 19.2. The first-order chi connectivity index (χ1) is 13.7. The maximum absolute atomic E-state index is 13.2. The van der Waals surface area contributed by atoms with Gasteiger partial charge in [-0.1, -0.05) is 30.3 Å². The minimum absolute atomic E-state index is 0.00172. The number of para-hydroxylation sites is 1. The Morgan fingerprint density at radius 3 is 2.64 bits per heavy atom. The Kier molecular flexibility index (Phi) is 5.12. The number of carbonyl (C=O) groups excluding carboxylic acids is 1. The second kappa shape index (κ2) is 7.86. The maximum Gasteiger partial charge on any atom is 0.230 e. The number of hydrogen-bond donors (Lipinski definition) is 3. The summed E-state index contributed by atoms with van der Waals surface area (Å²) in [5.74, 6) is -0.236. The van der Waals surface area contributed by atoms with Crippen molar-refractivity contribution in [3.8, 4) is 11.1 Å². The Morgan fingerprint density at radius 1 is 1.18 bits per heavy atom. The molecule has 0 spiro atoms. The van der Waals surface area contributed by atoms with Crippen molar-refractivity contribution in [3.05, 3.63) is 66.5 Å². The lowest BCUT2D eigenvalue weighted by molar-refractivity contribution is -0.121. The van der Waals surface area contributed by atoms with E-state index >= 15 is 0 Å². The van der Waals surface area contributed by atoms with E-state index in [1.165, 1.54) is 0 Å². The summed E-state index contributed by atoms with van der Waals surface area (Å²) in [4.78, 5) is 15.0. The predicted octanol–water partition coefficient (Wildman–Crippen LogP) is 2.93. The fraction of sp³-hybridized carbons (Fsp3) is 0.273. The molecular weight excluding hydrogens is 352 g/mol. The number of aromatic nitrogens is 2. The molecule has 1 aliphatic rings. The van der Waals surface area contributed by atoms with E-state index < -0.39 is 0 Å². The summed E-state index contributed by atoms with van der Waals surface area (Å²) in [5.41, 5.74) is 5.03. The summed E-state index contributed by atoms with van der Waals surface area (Å²) < 4.78 is 0. The minimum Gasteiger partial charge on any atom is -0.396 e. The molecule has 1 aliphatic heterocycles. The molecule has 144 valence electrons. The zero-order valence-electron chi connectivity index (χ0n) is 15.8. The van der Waals surface area contributed by atoms with Crippen LogP contribution in [0.3, 0.4) is 0 Å². The minimum atomic E-state index is -0.229. The highest BCUT2D eigenvalue weighted by molar-refractivity contribution is 5.98. The molecule has 6 nitrogen and oxygen atoms in total. The monoisotopic (exact) mass is 376 g/mol. The molecule has 3 aromatic rings. The molecule has 1 amide bonds. The molecule has 1 saturated heterocycles. The smallest absolute Gasteiger partial charge is 0.230 e. The highest BCUT2D eigenvalue weighted by Crippen LogP contribution is 2.34. The highest BCUT2D eigenvalue weighted by atomic mass is 16.3. The Morgan fingerprint density at radius 2 is 1.96 bits per heavy atom. The third-order valence-corrected chi connectivity index (χ3v) is 5.54. The van der Waals surface area contributed by atoms with E-state index in [9.17, 15) is 9.90 Å². The molecule has 0 bridgehead atoms. The number of aliphatic hydroxyl groups excluding tert-OH is 1. The third kappa shape index (κ3) is 3.39. The number of rotatable bonds is 6. The van der Waals surface area contributed by atoms with Crippen LogP contribution in [0.2, 0.25) is 0 Å². The first-order valence-corrected chi connectivity index (χ1v) is 9.48. The van der Waals surface area contributed by atoms with E-state index in [0.717, 1.165) is 28.1 Å². The van der Waals surface area contributed by atoms with Crippen molar-refractivity contribution in [3.63, 3.8) is 0 Å². The van der Waals surface area contributed by atoms with Crippen molar-refractivity contribution >= 4 is 17.3 Å². The van der Waals surface area contributed by atoms with Crippen LogP contribution < -0.4 is 10.2 Å². The third-order valence-electron chi connectivity index (χ3n) is 5.54. The number of H-pyrrole nitrogens is 1. The molecule has 4 rings (SSSR count). The lowest BCUT2D eigenvalue weighted by atomic mass is 9.89. The Labute approximate surface area is 164 Å². The van der Waals surface area contributed by atoms with Crippen LogP contribution in [0.4, 0.5) is 11.4 Å². The van der Waals surface area contributed by atoms with Crippen molar-refractivity contribution in [2.45, 2.75) is 6.42 Å². The second-order valence-electron chi connectivity index (χ2n) is 7.14. The van der Waals surface area contributed by atoms with Gasteiger partial charge in [-0.3, -0.25) is 9.89 Å². The van der Waals surface area contributed by atoms with Crippen molar-refractivity contribution in [1.29, 1.82) is 0 Å². The van der Waals surface area contributed by atoms with Crippen LogP contribution in [0.25, 0.3) is 11.1 Å². The van der Waals surface area contributed by atoms with Crippen molar-refractivity contribution in [1.82, 2.24) is 10.2 Å². The number of amides is 1. The first kappa shape index (κ1) is 18.3. The van der Waals surface area contributed by atoms with Crippen molar-refractivity contribution in [2.75, 3.05) is 30.4 Å². The Hall–Kier alpha value is -3.12. The van der Waals surface area contributed by atoms with Gasteiger partial charge in [-0.05, 0) is 35.7 Å². The molecule has 28 heavy (non-hydrogen) atoms. The Bertz CT molecular complexity index is 937. The fourth-order valence-electron chi connectivity index (χ4n) is 3.95. The van der Waals surface area contributed by atoms with Crippen LogP contribution in [-0.2, 0) is 11.2 Å². The largest absolute Gasteiger partial charge is 0.396 e. The van der Waals surface area contributed by atoms with E-state index in [0.29, 0.717) is 13.0 Å². The molecule has 1 aromatic heterocycles. The summed E-state index contributed by atoms with van der Waals surface area (Å²) in [5, 5.41) is 19.9. The van der Waals surface area contributed by atoms with Crippen LogP contribution in [0.15, 0.2) is 60.9 Å². The summed E-state index contributed by atoms with van der Waals surface area (Å²) in [7, 11) is 1.88. The van der Waals surface area contributed by atoms with Gasteiger partial charge in [-0.25, -0.2) is 0 Å². The lowest BCUT2D eigenvalue weighted by Crippen LogP contribution is -2.27. The van der Waals surface area contributed by atoms with Crippen LogP contribution >= 0.6 is 0 Å². The van der Waals surface area contributed by atoms with Gasteiger partial charge in [-0.2, -0.15) is 5.10 Å². The summed E-state index contributed by atoms with van der Waals surface area (Å²) in [6.07, 6.45) is 4.23. The van der Waals surface area contributed by atoms with Gasteiger partial charge >= 0.3 is 0 Å². The molecule has 0 saturated carbocycles. The van der Waals surface area contributed by atoms with Gasteiger partial charge in [0.25, 0.3) is 0 Å². The predicted molar refractivity (Wildman–Crippen MR) is 110 cm³/mol. The van der Waals surface area contributed by atoms with Gasteiger partial charge in [0.15, 0.2) is 0 Å². The Balaban J connectivity index is 1.56. The molecule has 2 unspecified atom stereocenters. The number of anilines is 2. The van der Waals surface area contributed by atoms with Gasteiger partial charge in [0.05, 0.1) is 6.20 Å². The number of hydrogen-bond acceptors (Lipinski definition) is 4. The molecule has 6 heteroatoms. The van der Waals surface area contributed by atoms with Crippen LogP contribution in [0.1, 0.15) is 5.56 Å². The van der Waals surface area contributed by atoms with Gasteiger partial charge in [-0.15, -0.1) is 0 Å². The summed E-state index contributed by atoms with van der Waals surface area (Å²) >= 11 is 0. The second-order valence-corrected chi connectivity index (χ2v) is 7.14. The van der Waals surface area contributed by atoms with Gasteiger partial charge < -0.3 is 15.3 Å². The van der Waals surface area contributed by atoms with Gasteiger partial charge in [0.1, 0.15) is 0 Å². The summed E-state index contributed by atoms with van der Waals surface area (Å²) in [6.45, 7) is 0.536. The molecular formula is C22H24N4O2. The first-order valence-electron chi connectivity index (χ1n) is 9.48. The number of carbonyl (C=O) groups is 1. The van der Waals surface area contributed by atoms with Gasteiger partial charge in [0.2, 0.25) is 5.91 Å². The number of aliphatic hydroxyl groups is 1. The van der Waals surface area contributed by atoms with Crippen LogP contribution in [0.5, 0.6) is 0 Å².